The van der Waals surface area contributed by atoms with E-state index in [4.69, 9.17) is 5.11 Å². The van der Waals surface area contributed by atoms with Gasteiger partial charge in [-0.25, -0.2) is 4.98 Å². The molecule has 2 aliphatic rings. The van der Waals surface area contributed by atoms with Gasteiger partial charge in [-0.15, -0.1) is 0 Å². The molecule has 0 radical (unpaired) electrons. The summed E-state index contributed by atoms with van der Waals surface area (Å²) < 4.78 is 0. The number of aliphatic carboxylic acids is 1. The molecule has 3 rings (SSSR count). The van der Waals surface area contributed by atoms with Crippen LogP contribution >= 0.6 is 0 Å². The van der Waals surface area contributed by atoms with Crippen molar-refractivity contribution in [3.05, 3.63) is 27.9 Å². The van der Waals surface area contributed by atoms with Crippen molar-refractivity contribution in [1.82, 2.24) is 9.88 Å². The number of anilines is 1. The van der Waals surface area contributed by atoms with E-state index in [0.717, 1.165) is 24.9 Å². The summed E-state index contributed by atoms with van der Waals surface area (Å²) in [5.41, 5.74) is 0.731. The second kappa shape index (κ2) is 6.72. The smallest absolute Gasteiger partial charge is 0.317 e. The Labute approximate surface area is 140 Å². The van der Waals surface area contributed by atoms with Crippen molar-refractivity contribution < 1.29 is 14.8 Å². The number of carbonyl (C=O) groups is 1. The second-order valence-electron chi connectivity index (χ2n) is 6.87. The lowest BCUT2D eigenvalue weighted by atomic mass is 9.85. The molecule has 24 heavy (non-hydrogen) atoms. The molecule has 1 aromatic rings. The lowest BCUT2D eigenvalue weighted by molar-refractivity contribution is -0.384. The average Bonchev–Trinajstić information content (AvgIpc) is 3.26. The van der Waals surface area contributed by atoms with E-state index in [1.54, 1.807) is 13.1 Å². The second-order valence-corrected chi connectivity index (χ2v) is 6.87. The topological polar surface area (TPSA) is 109 Å². The van der Waals surface area contributed by atoms with Gasteiger partial charge in [-0.1, -0.05) is 0 Å². The van der Waals surface area contributed by atoms with Crippen LogP contribution in [0.4, 0.5) is 11.5 Å². The number of aromatic nitrogens is 1. The summed E-state index contributed by atoms with van der Waals surface area (Å²) in [4.78, 5) is 27.9. The van der Waals surface area contributed by atoms with Crippen LogP contribution in [-0.2, 0) is 4.79 Å². The SMILES string of the molecule is Cc1cnc(NC2CC(N(CC(=O)O)CC3CC3)C2)c([N+](=O)[O-])c1. The van der Waals surface area contributed by atoms with Crippen LogP contribution in [0.5, 0.6) is 0 Å². The van der Waals surface area contributed by atoms with Gasteiger partial charge in [0.2, 0.25) is 5.82 Å². The van der Waals surface area contributed by atoms with Gasteiger partial charge >= 0.3 is 11.7 Å². The van der Waals surface area contributed by atoms with E-state index in [1.807, 2.05) is 4.90 Å². The van der Waals surface area contributed by atoms with Gasteiger partial charge in [-0.2, -0.15) is 0 Å². The Morgan fingerprint density at radius 3 is 2.79 bits per heavy atom. The van der Waals surface area contributed by atoms with Crippen molar-refractivity contribution in [1.29, 1.82) is 0 Å². The summed E-state index contributed by atoms with van der Waals surface area (Å²) in [7, 11) is 0. The van der Waals surface area contributed by atoms with Crippen molar-refractivity contribution in [2.45, 2.75) is 44.7 Å². The number of carboxylic acids is 1. The van der Waals surface area contributed by atoms with Gasteiger partial charge in [0.1, 0.15) is 0 Å². The zero-order valence-corrected chi connectivity index (χ0v) is 13.6. The zero-order chi connectivity index (χ0) is 17.3. The maximum atomic E-state index is 11.1. The van der Waals surface area contributed by atoms with E-state index in [1.165, 1.54) is 18.9 Å². The highest BCUT2D eigenvalue weighted by atomic mass is 16.6. The van der Waals surface area contributed by atoms with E-state index in [0.29, 0.717) is 11.7 Å². The summed E-state index contributed by atoms with van der Waals surface area (Å²) in [6.45, 7) is 2.67. The molecule has 0 amide bonds. The summed E-state index contributed by atoms with van der Waals surface area (Å²) in [5, 5.41) is 23.3. The third kappa shape index (κ3) is 4.00. The van der Waals surface area contributed by atoms with E-state index in [-0.39, 0.29) is 24.3 Å². The highest BCUT2D eigenvalue weighted by molar-refractivity contribution is 5.69. The number of rotatable bonds is 8. The predicted molar refractivity (Wildman–Crippen MR) is 88.0 cm³/mol. The Kier molecular flexibility index (Phi) is 4.66. The maximum absolute atomic E-state index is 11.1. The Hall–Kier alpha value is -2.22. The number of nitro groups is 1. The number of nitrogens with zero attached hydrogens (tertiary/aromatic N) is 3. The molecule has 0 unspecified atom stereocenters. The van der Waals surface area contributed by atoms with Crippen LogP contribution in [0.25, 0.3) is 0 Å². The van der Waals surface area contributed by atoms with E-state index < -0.39 is 10.9 Å². The van der Waals surface area contributed by atoms with Gasteiger partial charge in [0.25, 0.3) is 0 Å². The molecule has 0 aliphatic heterocycles. The third-order valence-corrected chi connectivity index (χ3v) is 4.70. The van der Waals surface area contributed by atoms with Crippen LogP contribution in [0, 0.1) is 23.0 Å². The van der Waals surface area contributed by atoms with Crippen molar-refractivity contribution in [2.75, 3.05) is 18.4 Å². The van der Waals surface area contributed by atoms with Crippen molar-refractivity contribution in [3.8, 4) is 0 Å². The monoisotopic (exact) mass is 334 g/mol. The first-order valence-corrected chi connectivity index (χ1v) is 8.25. The standard InChI is InChI=1S/C16H22N4O4/c1-10-4-14(20(23)24)16(17-7-10)18-12-5-13(6-12)19(9-15(21)22)8-11-2-3-11/h4,7,11-13H,2-3,5-6,8-9H2,1H3,(H,17,18)(H,21,22). The largest absolute Gasteiger partial charge is 0.480 e. The number of aryl methyl sites for hydroxylation is 1. The van der Waals surface area contributed by atoms with E-state index in [2.05, 4.69) is 10.3 Å². The first kappa shape index (κ1) is 16.6. The molecule has 8 heteroatoms. The minimum absolute atomic E-state index is 0.0150. The van der Waals surface area contributed by atoms with Crippen LogP contribution in [0.2, 0.25) is 0 Å². The molecule has 0 aromatic carbocycles. The Morgan fingerprint density at radius 2 is 2.21 bits per heavy atom. The first-order chi connectivity index (χ1) is 11.4. The predicted octanol–water partition coefficient (Wildman–Crippen LogP) is 2.04. The van der Waals surface area contributed by atoms with Crippen LogP contribution in [-0.4, -0.2) is 51.1 Å². The molecule has 2 saturated carbocycles. The lowest BCUT2D eigenvalue weighted by Gasteiger charge is -2.42. The quantitative estimate of drug-likeness (QED) is 0.553. The van der Waals surface area contributed by atoms with Crippen molar-refractivity contribution >= 4 is 17.5 Å². The molecular weight excluding hydrogens is 312 g/mol. The van der Waals surface area contributed by atoms with Gasteiger partial charge in [0.05, 0.1) is 11.5 Å². The summed E-state index contributed by atoms with van der Waals surface area (Å²) >= 11 is 0. The van der Waals surface area contributed by atoms with Gasteiger partial charge in [0, 0.05) is 30.9 Å². The van der Waals surface area contributed by atoms with Crippen LogP contribution in [0.3, 0.4) is 0 Å². The number of carboxylic acid groups (broad SMARTS) is 1. The summed E-state index contributed by atoms with van der Waals surface area (Å²) in [6.07, 6.45) is 5.54. The zero-order valence-electron chi connectivity index (χ0n) is 13.6. The molecule has 1 heterocycles. The highest BCUT2D eigenvalue weighted by Crippen LogP contribution is 2.35. The number of pyridine rings is 1. The lowest BCUT2D eigenvalue weighted by Crippen LogP contribution is -2.52. The molecule has 130 valence electrons. The van der Waals surface area contributed by atoms with Crippen LogP contribution in [0.1, 0.15) is 31.2 Å². The molecule has 8 nitrogen and oxygen atoms in total. The minimum Gasteiger partial charge on any atom is -0.480 e. The molecule has 1 aromatic heterocycles. The molecular formula is C16H22N4O4. The van der Waals surface area contributed by atoms with Gasteiger partial charge in [0.15, 0.2) is 0 Å². The normalized spacial score (nSPS) is 22.9. The molecule has 0 spiro atoms. The van der Waals surface area contributed by atoms with Crippen molar-refractivity contribution in [3.63, 3.8) is 0 Å². The first-order valence-electron chi connectivity index (χ1n) is 8.25. The Morgan fingerprint density at radius 1 is 1.50 bits per heavy atom. The average molecular weight is 334 g/mol. The molecule has 2 aliphatic carbocycles. The van der Waals surface area contributed by atoms with Gasteiger partial charge < -0.3 is 10.4 Å². The summed E-state index contributed by atoms with van der Waals surface area (Å²) in [6, 6.07) is 1.83. The highest BCUT2D eigenvalue weighted by Gasteiger charge is 2.37. The Balaban J connectivity index is 1.58. The summed E-state index contributed by atoms with van der Waals surface area (Å²) in [5.74, 6) is 0.125. The van der Waals surface area contributed by atoms with Crippen LogP contribution in [0.15, 0.2) is 12.3 Å². The van der Waals surface area contributed by atoms with Crippen molar-refractivity contribution in [2.24, 2.45) is 5.92 Å². The van der Waals surface area contributed by atoms with Gasteiger partial charge in [-0.05, 0) is 44.1 Å². The molecule has 0 saturated heterocycles. The Bertz CT molecular complexity index is 641. The molecule has 0 bridgehead atoms. The van der Waals surface area contributed by atoms with E-state index >= 15 is 0 Å². The number of hydrogen-bond acceptors (Lipinski definition) is 6. The molecule has 2 fully saturated rings. The number of hydrogen-bond donors (Lipinski definition) is 2. The molecule has 0 atom stereocenters. The fourth-order valence-electron chi connectivity index (χ4n) is 3.15. The third-order valence-electron chi connectivity index (χ3n) is 4.70. The fraction of sp³-hybridized carbons (Fsp3) is 0.625. The fourth-order valence-corrected chi connectivity index (χ4v) is 3.15. The maximum Gasteiger partial charge on any atom is 0.317 e. The van der Waals surface area contributed by atoms with Crippen LogP contribution < -0.4 is 5.32 Å². The molecule has 2 N–H and O–H groups in total. The minimum atomic E-state index is -0.803. The van der Waals surface area contributed by atoms with E-state index in [9.17, 15) is 14.9 Å². The van der Waals surface area contributed by atoms with Gasteiger partial charge in [-0.3, -0.25) is 19.8 Å². The number of nitrogens with one attached hydrogen (secondary N) is 1.